The van der Waals surface area contributed by atoms with Crippen LogP contribution in [-0.2, 0) is 0 Å². The van der Waals surface area contributed by atoms with E-state index in [2.05, 4.69) is 0 Å². The highest BCUT2D eigenvalue weighted by molar-refractivity contribution is 5.71. The second kappa shape index (κ2) is 4.99. The van der Waals surface area contributed by atoms with Crippen LogP contribution >= 0.6 is 0 Å². The first-order valence-electron chi connectivity index (χ1n) is 5.45. The smallest absolute Gasteiger partial charge is 0.410 e. The van der Waals surface area contributed by atoms with Crippen molar-refractivity contribution < 1.29 is 14.6 Å². The maximum absolute atomic E-state index is 11.8. The minimum absolute atomic E-state index is 0.00386. The lowest BCUT2D eigenvalue weighted by Crippen LogP contribution is -2.39. The molecule has 1 aromatic carbocycles. The summed E-state index contributed by atoms with van der Waals surface area (Å²) < 4.78 is 5.21. The molecule has 1 N–H and O–H groups in total. The van der Waals surface area contributed by atoms with E-state index in [0.717, 1.165) is 12.8 Å². The van der Waals surface area contributed by atoms with Crippen LogP contribution in [0.4, 0.5) is 4.79 Å². The number of benzene rings is 1. The van der Waals surface area contributed by atoms with Crippen LogP contribution in [0.5, 0.6) is 5.75 Å². The van der Waals surface area contributed by atoms with Crippen LogP contribution in [0.3, 0.4) is 0 Å². The van der Waals surface area contributed by atoms with Crippen molar-refractivity contribution in [2.24, 2.45) is 0 Å². The summed E-state index contributed by atoms with van der Waals surface area (Å²) in [7, 11) is 0. The van der Waals surface area contributed by atoms with Gasteiger partial charge >= 0.3 is 6.09 Å². The minimum atomic E-state index is -0.372. The van der Waals surface area contributed by atoms with Crippen molar-refractivity contribution in [3.63, 3.8) is 0 Å². The number of nitrogens with zero attached hydrogens (tertiary/aromatic N) is 1. The van der Waals surface area contributed by atoms with Gasteiger partial charge in [-0.2, -0.15) is 0 Å². The number of para-hydroxylation sites is 1. The average molecular weight is 221 g/mol. The van der Waals surface area contributed by atoms with Crippen molar-refractivity contribution >= 4 is 6.09 Å². The van der Waals surface area contributed by atoms with Crippen LogP contribution in [0.2, 0.25) is 0 Å². The summed E-state index contributed by atoms with van der Waals surface area (Å²) in [6.07, 6.45) is 1.40. The number of amides is 1. The molecule has 86 valence electrons. The molecule has 2 rings (SSSR count). The third-order valence-electron chi connectivity index (χ3n) is 2.77. The van der Waals surface area contributed by atoms with Gasteiger partial charge in [-0.1, -0.05) is 18.2 Å². The summed E-state index contributed by atoms with van der Waals surface area (Å²) in [6, 6.07) is 8.89. The van der Waals surface area contributed by atoms with Gasteiger partial charge < -0.3 is 14.7 Å². The Morgan fingerprint density at radius 3 is 2.88 bits per heavy atom. The molecule has 1 saturated heterocycles. The van der Waals surface area contributed by atoms with E-state index in [4.69, 9.17) is 9.84 Å². The fourth-order valence-corrected chi connectivity index (χ4v) is 1.91. The van der Waals surface area contributed by atoms with Crippen molar-refractivity contribution in [1.29, 1.82) is 0 Å². The van der Waals surface area contributed by atoms with E-state index in [1.165, 1.54) is 0 Å². The Morgan fingerprint density at radius 1 is 1.44 bits per heavy atom. The lowest BCUT2D eigenvalue weighted by molar-refractivity contribution is 0.124. The molecule has 1 aromatic rings. The van der Waals surface area contributed by atoms with Crippen LogP contribution in [-0.4, -0.2) is 35.3 Å². The number of hydrogen-bond acceptors (Lipinski definition) is 3. The standard InChI is InChI=1S/C12H15NO3/c14-9-10-5-4-8-13(10)12(15)16-11-6-2-1-3-7-11/h1-3,6-7,10,14H,4-5,8-9H2/t10-/m1/s1. The Labute approximate surface area is 94.4 Å². The summed E-state index contributed by atoms with van der Waals surface area (Å²) in [5.74, 6) is 0.538. The van der Waals surface area contributed by atoms with E-state index in [-0.39, 0.29) is 18.7 Å². The van der Waals surface area contributed by atoms with Crippen LogP contribution in [0.1, 0.15) is 12.8 Å². The Hall–Kier alpha value is -1.55. The average Bonchev–Trinajstić information content (AvgIpc) is 2.78. The van der Waals surface area contributed by atoms with E-state index in [0.29, 0.717) is 12.3 Å². The van der Waals surface area contributed by atoms with Crippen LogP contribution in [0.25, 0.3) is 0 Å². The van der Waals surface area contributed by atoms with Crippen molar-refractivity contribution in [1.82, 2.24) is 4.90 Å². The first kappa shape index (κ1) is 11.0. The first-order valence-corrected chi connectivity index (χ1v) is 5.45. The molecule has 1 atom stereocenters. The number of ether oxygens (including phenoxy) is 1. The maximum atomic E-state index is 11.8. The van der Waals surface area contributed by atoms with E-state index in [1.54, 1.807) is 17.0 Å². The molecule has 1 amide bonds. The van der Waals surface area contributed by atoms with Crippen LogP contribution in [0, 0.1) is 0 Å². The Bertz CT molecular complexity index is 353. The summed E-state index contributed by atoms with van der Waals surface area (Å²) in [5, 5.41) is 9.10. The van der Waals surface area contributed by atoms with Gasteiger partial charge in [-0.05, 0) is 25.0 Å². The van der Waals surface area contributed by atoms with Gasteiger partial charge in [0.1, 0.15) is 5.75 Å². The van der Waals surface area contributed by atoms with Gasteiger partial charge in [-0.15, -0.1) is 0 Å². The fourth-order valence-electron chi connectivity index (χ4n) is 1.91. The molecular weight excluding hydrogens is 206 g/mol. The first-order chi connectivity index (χ1) is 7.81. The minimum Gasteiger partial charge on any atom is -0.410 e. The van der Waals surface area contributed by atoms with E-state index < -0.39 is 0 Å². The maximum Gasteiger partial charge on any atom is 0.415 e. The molecule has 0 aromatic heterocycles. The number of carbonyl (C=O) groups is 1. The van der Waals surface area contributed by atoms with E-state index in [9.17, 15) is 4.79 Å². The third-order valence-corrected chi connectivity index (χ3v) is 2.77. The van der Waals surface area contributed by atoms with Crippen molar-refractivity contribution in [2.45, 2.75) is 18.9 Å². The summed E-state index contributed by atoms with van der Waals surface area (Å²) in [6.45, 7) is 0.667. The van der Waals surface area contributed by atoms with Gasteiger partial charge in [0.25, 0.3) is 0 Å². The molecule has 1 aliphatic rings. The van der Waals surface area contributed by atoms with Gasteiger partial charge in [0.15, 0.2) is 0 Å². The Balaban J connectivity index is 1.98. The number of carbonyl (C=O) groups excluding carboxylic acids is 1. The summed E-state index contributed by atoms with van der Waals surface area (Å²) in [5.41, 5.74) is 0. The number of hydrogen-bond donors (Lipinski definition) is 1. The monoisotopic (exact) mass is 221 g/mol. The molecule has 1 fully saturated rings. The molecule has 0 unspecified atom stereocenters. The SMILES string of the molecule is O=C(Oc1ccccc1)N1CCC[C@@H]1CO. The summed E-state index contributed by atoms with van der Waals surface area (Å²) >= 11 is 0. The largest absolute Gasteiger partial charge is 0.415 e. The zero-order chi connectivity index (χ0) is 11.4. The number of rotatable bonds is 2. The van der Waals surface area contributed by atoms with E-state index >= 15 is 0 Å². The van der Waals surface area contributed by atoms with Crippen LogP contribution < -0.4 is 4.74 Å². The predicted octanol–water partition coefficient (Wildman–Crippen LogP) is 1.64. The van der Waals surface area contributed by atoms with Gasteiger partial charge in [-0.3, -0.25) is 0 Å². The summed E-state index contributed by atoms with van der Waals surface area (Å²) in [4.78, 5) is 13.4. The van der Waals surface area contributed by atoms with Crippen LogP contribution in [0.15, 0.2) is 30.3 Å². The van der Waals surface area contributed by atoms with Gasteiger partial charge in [-0.25, -0.2) is 4.79 Å². The number of aliphatic hydroxyl groups excluding tert-OH is 1. The molecule has 4 heteroatoms. The molecule has 0 bridgehead atoms. The molecule has 16 heavy (non-hydrogen) atoms. The van der Waals surface area contributed by atoms with Crippen molar-refractivity contribution in [3.05, 3.63) is 30.3 Å². The normalized spacial score (nSPS) is 19.8. The molecule has 0 saturated carbocycles. The molecule has 4 nitrogen and oxygen atoms in total. The molecule has 0 aliphatic carbocycles. The van der Waals surface area contributed by atoms with Crippen molar-refractivity contribution in [3.8, 4) is 5.75 Å². The zero-order valence-electron chi connectivity index (χ0n) is 9.00. The zero-order valence-corrected chi connectivity index (χ0v) is 9.00. The van der Waals surface area contributed by atoms with Gasteiger partial charge in [0.2, 0.25) is 0 Å². The Morgan fingerprint density at radius 2 is 2.19 bits per heavy atom. The molecule has 1 aliphatic heterocycles. The Kier molecular flexibility index (Phi) is 3.41. The van der Waals surface area contributed by atoms with E-state index in [1.807, 2.05) is 18.2 Å². The quantitative estimate of drug-likeness (QED) is 0.826. The molecule has 1 heterocycles. The molecule has 0 radical (unpaired) electrons. The van der Waals surface area contributed by atoms with Gasteiger partial charge in [0, 0.05) is 6.54 Å². The van der Waals surface area contributed by atoms with Crippen molar-refractivity contribution in [2.75, 3.05) is 13.2 Å². The number of aliphatic hydroxyl groups is 1. The predicted molar refractivity (Wildman–Crippen MR) is 59.3 cm³/mol. The topological polar surface area (TPSA) is 49.8 Å². The highest BCUT2D eigenvalue weighted by atomic mass is 16.6. The number of likely N-dealkylation sites (tertiary alicyclic amines) is 1. The third kappa shape index (κ3) is 2.33. The fraction of sp³-hybridized carbons (Fsp3) is 0.417. The molecular formula is C12H15NO3. The highest BCUT2D eigenvalue weighted by Crippen LogP contribution is 2.19. The van der Waals surface area contributed by atoms with Gasteiger partial charge in [0.05, 0.1) is 12.6 Å². The second-order valence-electron chi connectivity index (χ2n) is 3.85. The lowest BCUT2D eigenvalue weighted by Gasteiger charge is -2.21. The second-order valence-corrected chi connectivity index (χ2v) is 3.85. The highest BCUT2D eigenvalue weighted by Gasteiger charge is 2.29. The lowest BCUT2D eigenvalue weighted by atomic mass is 10.2. The molecule has 0 spiro atoms.